The molecule has 0 saturated carbocycles. The van der Waals surface area contributed by atoms with E-state index in [1.807, 2.05) is 13.8 Å². The van der Waals surface area contributed by atoms with Crippen molar-refractivity contribution in [1.29, 1.82) is 0 Å². The van der Waals surface area contributed by atoms with E-state index in [-0.39, 0.29) is 36.6 Å². The first-order valence-corrected chi connectivity index (χ1v) is 6.18. The predicted octanol–water partition coefficient (Wildman–Crippen LogP) is -0.243. The van der Waals surface area contributed by atoms with E-state index in [9.17, 15) is 9.59 Å². The number of methoxy groups -OCH3 is 1. The first-order chi connectivity index (χ1) is 8.39. The predicted molar refractivity (Wildman–Crippen MR) is 75.1 cm³/mol. The molecule has 1 atom stereocenters. The van der Waals surface area contributed by atoms with Crippen LogP contribution in [-0.2, 0) is 14.3 Å². The number of nitrogens with one attached hydrogen (secondary N) is 1. The number of hydrogen-bond acceptors (Lipinski definition) is 4. The van der Waals surface area contributed by atoms with Gasteiger partial charge in [-0.3, -0.25) is 9.59 Å². The molecule has 0 radical (unpaired) electrons. The largest absolute Gasteiger partial charge is 0.383 e. The molecule has 1 saturated heterocycles. The summed E-state index contributed by atoms with van der Waals surface area (Å²) < 4.78 is 4.93. The van der Waals surface area contributed by atoms with E-state index in [1.165, 1.54) is 0 Å². The van der Waals surface area contributed by atoms with Gasteiger partial charge in [0.2, 0.25) is 11.8 Å². The molecular formula is C12H24ClN3O3. The number of likely N-dealkylation sites (tertiary alicyclic amines) is 1. The Morgan fingerprint density at radius 1 is 1.58 bits per heavy atom. The Bertz CT molecular complexity index is 323. The number of carbonyl (C=O) groups is 2. The Balaban J connectivity index is 0.00000324. The number of hydrogen-bond donors (Lipinski definition) is 2. The van der Waals surface area contributed by atoms with Gasteiger partial charge >= 0.3 is 0 Å². The summed E-state index contributed by atoms with van der Waals surface area (Å²) in [4.78, 5) is 25.4. The maximum Gasteiger partial charge on any atom is 0.225 e. The third kappa shape index (κ3) is 5.34. The highest BCUT2D eigenvalue weighted by Gasteiger charge is 2.35. The van der Waals surface area contributed by atoms with E-state index in [1.54, 1.807) is 12.0 Å². The number of ether oxygens (including phenoxy) is 1. The second-order valence-electron chi connectivity index (χ2n) is 5.31. The lowest BCUT2D eigenvalue weighted by atomic mass is 10.0. The lowest BCUT2D eigenvalue weighted by Gasteiger charge is -2.26. The summed E-state index contributed by atoms with van der Waals surface area (Å²) in [6, 6.07) is 0. The summed E-state index contributed by atoms with van der Waals surface area (Å²) in [5.41, 5.74) is 5.13. The van der Waals surface area contributed by atoms with Crippen LogP contribution in [0.15, 0.2) is 0 Å². The van der Waals surface area contributed by atoms with Gasteiger partial charge in [-0.25, -0.2) is 0 Å². The Labute approximate surface area is 120 Å². The monoisotopic (exact) mass is 293 g/mol. The Morgan fingerprint density at radius 3 is 2.74 bits per heavy atom. The third-order valence-electron chi connectivity index (χ3n) is 3.12. The fourth-order valence-electron chi connectivity index (χ4n) is 1.85. The lowest BCUT2D eigenvalue weighted by molar-refractivity contribution is -0.129. The molecular weight excluding hydrogens is 270 g/mol. The summed E-state index contributed by atoms with van der Waals surface area (Å²) >= 11 is 0. The highest BCUT2D eigenvalue weighted by atomic mass is 35.5. The van der Waals surface area contributed by atoms with Crippen LogP contribution in [0.4, 0.5) is 0 Å². The van der Waals surface area contributed by atoms with Gasteiger partial charge in [0.1, 0.15) is 0 Å². The number of nitrogens with two attached hydrogens (primary N) is 1. The van der Waals surface area contributed by atoms with Crippen molar-refractivity contribution in [3.05, 3.63) is 0 Å². The van der Waals surface area contributed by atoms with Gasteiger partial charge in [-0.15, -0.1) is 12.4 Å². The average molecular weight is 294 g/mol. The normalized spacial score (nSPS) is 19.3. The molecule has 1 rings (SSSR count). The molecule has 19 heavy (non-hydrogen) atoms. The molecule has 1 unspecified atom stereocenters. The number of nitrogens with zero attached hydrogens (tertiary/aromatic N) is 1. The van der Waals surface area contributed by atoms with Crippen LogP contribution in [0.5, 0.6) is 0 Å². The molecule has 7 heteroatoms. The molecule has 2 amide bonds. The maximum absolute atomic E-state index is 12.0. The lowest BCUT2D eigenvalue weighted by Crippen LogP contribution is -2.51. The number of halogens is 1. The molecule has 0 aromatic carbocycles. The molecule has 0 bridgehead atoms. The molecule has 112 valence electrons. The van der Waals surface area contributed by atoms with Gasteiger partial charge in [0.05, 0.1) is 12.5 Å². The highest BCUT2D eigenvalue weighted by molar-refractivity contribution is 5.89. The van der Waals surface area contributed by atoms with Crippen LogP contribution in [0.3, 0.4) is 0 Å². The number of rotatable bonds is 6. The van der Waals surface area contributed by atoms with Gasteiger partial charge in [-0.2, -0.15) is 0 Å². The van der Waals surface area contributed by atoms with Crippen LogP contribution in [0.1, 0.15) is 20.3 Å². The van der Waals surface area contributed by atoms with Crippen LogP contribution in [0.25, 0.3) is 0 Å². The minimum Gasteiger partial charge on any atom is -0.383 e. The van der Waals surface area contributed by atoms with Gasteiger partial charge in [-0.1, -0.05) is 0 Å². The molecule has 0 aliphatic carbocycles. The fraction of sp³-hybridized carbons (Fsp3) is 0.833. The number of carbonyl (C=O) groups excluding carboxylic acids is 2. The first kappa shape index (κ1) is 18.1. The average Bonchev–Trinajstić information content (AvgIpc) is 2.68. The zero-order chi connectivity index (χ0) is 13.8. The summed E-state index contributed by atoms with van der Waals surface area (Å²) in [6.45, 7) is 5.60. The van der Waals surface area contributed by atoms with E-state index in [4.69, 9.17) is 10.5 Å². The van der Waals surface area contributed by atoms with Gasteiger partial charge in [0, 0.05) is 38.7 Å². The minimum absolute atomic E-state index is 0. The third-order valence-corrected chi connectivity index (χ3v) is 3.12. The van der Waals surface area contributed by atoms with E-state index in [0.717, 1.165) is 0 Å². The molecule has 6 nitrogen and oxygen atoms in total. The quantitative estimate of drug-likeness (QED) is 0.708. The standard InChI is InChI=1S/C12H23N3O3.ClH/c1-12(2,8-13)14-11(17)9-6-10(16)15(7-9)4-5-18-3;/h9H,4-8,13H2,1-3H3,(H,14,17);1H. The minimum atomic E-state index is -0.430. The smallest absolute Gasteiger partial charge is 0.225 e. The zero-order valence-electron chi connectivity index (χ0n) is 11.8. The zero-order valence-corrected chi connectivity index (χ0v) is 12.6. The molecule has 0 aromatic heterocycles. The Hall–Kier alpha value is -0.850. The summed E-state index contributed by atoms with van der Waals surface area (Å²) in [5.74, 6) is -0.364. The second-order valence-corrected chi connectivity index (χ2v) is 5.31. The van der Waals surface area contributed by atoms with E-state index >= 15 is 0 Å². The topological polar surface area (TPSA) is 84.7 Å². The molecule has 3 N–H and O–H groups in total. The molecule has 0 aromatic rings. The summed E-state index contributed by atoms with van der Waals surface area (Å²) in [5, 5.41) is 2.87. The van der Waals surface area contributed by atoms with Crippen LogP contribution in [0.2, 0.25) is 0 Å². The fourth-order valence-corrected chi connectivity index (χ4v) is 1.85. The van der Waals surface area contributed by atoms with Crippen LogP contribution < -0.4 is 11.1 Å². The SMILES string of the molecule is COCCN1CC(C(=O)NC(C)(C)CN)CC1=O.Cl. The van der Waals surface area contributed by atoms with Crippen molar-refractivity contribution < 1.29 is 14.3 Å². The Kier molecular flexibility index (Phi) is 7.33. The van der Waals surface area contributed by atoms with Crippen LogP contribution >= 0.6 is 12.4 Å². The highest BCUT2D eigenvalue weighted by Crippen LogP contribution is 2.18. The summed E-state index contributed by atoms with van der Waals surface area (Å²) in [6.07, 6.45) is 0.274. The van der Waals surface area contributed by atoms with Gasteiger partial charge in [0.25, 0.3) is 0 Å². The Morgan fingerprint density at radius 2 is 2.21 bits per heavy atom. The van der Waals surface area contributed by atoms with Crippen LogP contribution in [0, 0.1) is 5.92 Å². The van der Waals surface area contributed by atoms with Gasteiger partial charge < -0.3 is 20.7 Å². The van der Waals surface area contributed by atoms with Crippen LogP contribution in [-0.4, -0.2) is 55.6 Å². The molecule has 1 aliphatic rings. The van der Waals surface area contributed by atoms with Gasteiger partial charge in [-0.05, 0) is 13.8 Å². The second kappa shape index (κ2) is 7.67. The van der Waals surface area contributed by atoms with Crippen molar-refractivity contribution in [1.82, 2.24) is 10.2 Å². The van der Waals surface area contributed by atoms with Crippen molar-refractivity contribution in [3.63, 3.8) is 0 Å². The first-order valence-electron chi connectivity index (χ1n) is 6.18. The molecule has 1 heterocycles. The summed E-state index contributed by atoms with van der Waals surface area (Å²) in [7, 11) is 1.59. The molecule has 0 spiro atoms. The van der Waals surface area contributed by atoms with Crippen molar-refractivity contribution in [2.45, 2.75) is 25.8 Å². The van der Waals surface area contributed by atoms with Crippen molar-refractivity contribution in [2.24, 2.45) is 11.7 Å². The molecule has 1 aliphatic heterocycles. The van der Waals surface area contributed by atoms with Crippen molar-refractivity contribution in [2.75, 3.05) is 33.4 Å². The van der Waals surface area contributed by atoms with E-state index in [0.29, 0.717) is 26.2 Å². The maximum atomic E-state index is 12.0. The van der Waals surface area contributed by atoms with E-state index in [2.05, 4.69) is 5.32 Å². The van der Waals surface area contributed by atoms with E-state index < -0.39 is 5.54 Å². The van der Waals surface area contributed by atoms with Crippen molar-refractivity contribution in [3.8, 4) is 0 Å². The molecule has 1 fully saturated rings. The number of amides is 2. The van der Waals surface area contributed by atoms with Crippen molar-refractivity contribution >= 4 is 24.2 Å². The van der Waals surface area contributed by atoms with Gasteiger partial charge in [0.15, 0.2) is 0 Å².